The number of hydrogen-bond donors (Lipinski definition) is 0. The van der Waals surface area contributed by atoms with Gasteiger partial charge in [-0.15, -0.1) is 0 Å². The maximum absolute atomic E-state index is 12.0. The lowest BCUT2D eigenvalue weighted by molar-refractivity contribution is 0.331. The van der Waals surface area contributed by atoms with Crippen molar-refractivity contribution in [2.45, 2.75) is 73.4 Å². The van der Waals surface area contributed by atoms with Crippen molar-refractivity contribution in [2.24, 2.45) is 0 Å². The molecule has 1 unspecified atom stereocenters. The van der Waals surface area contributed by atoms with Crippen LogP contribution in [-0.2, 0) is 0 Å². The first kappa shape index (κ1) is 17.9. The summed E-state index contributed by atoms with van der Waals surface area (Å²) in [4.78, 5) is 0. The topological polar surface area (TPSA) is 0 Å². The molecular weight excluding hydrogens is 151 g/mol. The minimum absolute atomic E-state index is 0.596. The number of alkyl halides is 1. The molecule has 0 heterocycles. The van der Waals surface area contributed by atoms with Crippen molar-refractivity contribution < 1.29 is 4.39 Å². The molecular formula is C11H27F. The molecule has 0 aliphatic carbocycles. The third-order valence-electron chi connectivity index (χ3n) is 1.21. The van der Waals surface area contributed by atoms with Gasteiger partial charge in [0, 0.05) is 0 Å². The van der Waals surface area contributed by atoms with Gasteiger partial charge in [0.05, 0.1) is 6.17 Å². The third kappa shape index (κ3) is 32.6. The molecule has 0 bridgehead atoms. The van der Waals surface area contributed by atoms with Crippen LogP contribution in [0.1, 0.15) is 67.2 Å². The molecule has 0 spiro atoms. The SMILES string of the molecule is CC.CC.CCCCCC(C)F. The van der Waals surface area contributed by atoms with E-state index >= 15 is 0 Å². The zero-order valence-corrected chi connectivity index (χ0v) is 9.78. The highest BCUT2D eigenvalue weighted by Crippen LogP contribution is 2.04. The van der Waals surface area contributed by atoms with Crippen molar-refractivity contribution in [3.8, 4) is 0 Å². The zero-order valence-electron chi connectivity index (χ0n) is 9.78. The van der Waals surface area contributed by atoms with Gasteiger partial charge in [-0.25, -0.2) is 4.39 Å². The van der Waals surface area contributed by atoms with Crippen LogP contribution in [0.15, 0.2) is 0 Å². The Labute approximate surface area is 78.6 Å². The number of rotatable bonds is 4. The van der Waals surface area contributed by atoms with E-state index in [1.54, 1.807) is 6.92 Å². The minimum atomic E-state index is -0.596. The molecule has 12 heavy (non-hydrogen) atoms. The lowest BCUT2D eigenvalue weighted by Gasteiger charge is -1.97. The van der Waals surface area contributed by atoms with Crippen LogP contribution in [0.4, 0.5) is 4.39 Å². The molecule has 0 radical (unpaired) electrons. The molecule has 78 valence electrons. The van der Waals surface area contributed by atoms with Gasteiger partial charge < -0.3 is 0 Å². The Morgan fingerprint density at radius 1 is 1.00 bits per heavy atom. The molecule has 0 saturated heterocycles. The Balaban J connectivity index is -0.000000175. The first-order chi connectivity index (χ1) is 5.77. The summed E-state index contributed by atoms with van der Waals surface area (Å²) < 4.78 is 12.0. The molecule has 1 atom stereocenters. The van der Waals surface area contributed by atoms with Gasteiger partial charge in [-0.2, -0.15) is 0 Å². The summed E-state index contributed by atoms with van der Waals surface area (Å²) >= 11 is 0. The quantitative estimate of drug-likeness (QED) is 0.533. The second-order valence-corrected chi connectivity index (χ2v) is 2.28. The van der Waals surface area contributed by atoms with Crippen molar-refractivity contribution in [2.75, 3.05) is 0 Å². The van der Waals surface area contributed by atoms with Crippen LogP contribution in [-0.4, -0.2) is 6.17 Å². The largest absolute Gasteiger partial charge is 0.248 e. The second-order valence-electron chi connectivity index (χ2n) is 2.28. The van der Waals surface area contributed by atoms with E-state index in [-0.39, 0.29) is 0 Å². The Kier molecular flexibility index (Phi) is 33.4. The molecule has 0 fully saturated rings. The highest BCUT2D eigenvalue weighted by molar-refractivity contribution is 4.46. The molecule has 0 aromatic heterocycles. The third-order valence-corrected chi connectivity index (χ3v) is 1.21. The van der Waals surface area contributed by atoms with Gasteiger partial charge in [0.15, 0.2) is 0 Å². The van der Waals surface area contributed by atoms with E-state index in [4.69, 9.17) is 0 Å². The van der Waals surface area contributed by atoms with Gasteiger partial charge in [-0.3, -0.25) is 0 Å². The first-order valence-corrected chi connectivity index (χ1v) is 5.41. The Bertz CT molecular complexity index is 42.3. The summed E-state index contributed by atoms with van der Waals surface area (Å²) in [6.07, 6.45) is 3.56. The first-order valence-electron chi connectivity index (χ1n) is 5.41. The van der Waals surface area contributed by atoms with E-state index in [0.717, 1.165) is 12.8 Å². The van der Waals surface area contributed by atoms with Gasteiger partial charge in [0.2, 0.25) is 0 Å². The normalized spacial score (nSPS) is 10.2. The Morgan fingerprint density at radius 2 is 1.42 bits per heavy atom. The van der Waals surface area contributed by atoms with Crippen LogP contribution in [0, 0.1) is 0 Å². The zero-order chi connectivity index (χ0) is 10.4. The summed E-state index contributed by atoms with van der Waals surface area (Å²) in [6, 6.07) is 0. The summed E-state index contributed by atoms with van der Waals surface area (Å²) in [5.41, 5.74) is 0. The van der Waals surface area contributed by atoms with Gasteiger partial charge >= 0.3 is 0 Å². The number of hydrogen-bond acceptors (Lipinski definition) is 0. The summed E-state index contributed by atoms with van der Waals surface area (Å²) in [5, 5.41) is 0. The average Bonchev–Trinajstić information content (AvgIpc) is 2.12. The van der Waals surface area contributed by atoms with Crippen molar-refractivity contribution in [3.05, 3.63) is 0 Å². The number of unbranched alkanes of at least 4 members (excludes halogenated alkanes) is 2. The van der Waals surface area contributed by atoms with Crippen molar-refractivity contribution in [1.82, 2.24) is 0 Å². The highest BCUT2D eigenvalue weighted by atomic mass is 19.1. The maximum atomic E-state index is 12.0. The Morgan fingerprint density at radius 3 is 1.67 bits per heavy atom. The van der Waals surface area contributed by atoms with E-state index in [0.29, 0.717) is 0 Å². The summed E-state index contributed by atoms with van der Waals surface area (Å²) in [5.74, 6) is 0. The molecule has 0 aliphatic heterocycles. The second kappa shape index (κ2) is 22.4. The predicted molar refractivity (Wildman–Crippen MR) is 57.4 cm³/mol. The van der Waals surface area contributed by atoms with E-state index in [2.05, 4.69) is 6.92 Å². The average molecular weight is 178 g/mol. The van der Waals surface area contributed by atoms with Gasteiger partial charge in [-0.1, -0.05) is 53.9 Å². The minimum Gasteiger partial charge on any atom is -0.248 e. The summed E-state index contributed by atoms with van der Waals surface area (Å²) in [7, 11) is 0. The van der Waals surface area contributed by atoms with Crippen LogP contribution in [0.5, 0.6) is 0 Å². The fourth-order valence-corrected chi connectivity index (χ4v) is 0.676. The van der Waals surface area contributed by atoms with Gasteiger partial charge in [0.1, 0.15) is 0 Å². The summed E-state index contributed by atoms with van der Waals surface area (Å²) in [6.45, 7) is 11.7. The molecule has 0 aromatic carbocycles. The van der Waals surface area contributed by atoms with E-state index in [1.165, 1.54) is 12.8 Å². The van der Waals surface area contributed by atoms with E-state index in [9.17, 15) is 4.39 Å². The molecule has 0 N–H and O–H groups in total. The van der Waals surface area contributed by atoms with Crippen molar-refractivity contribution in [3.63, 3.8) is 0 Å². The van der Waals surface area contributed by atoms with Crippen LogP contribution in [0.2, 0.25) is 0 Å². The molecule has 1 heteroatoms. The predicted octanol–water partition coefficient (Wildman–Crippen LogP) is 4.98. The highest BCUT2D eigenvalue weighted by Gasteiger charge is 1.94. The monoisotopic (exact) mass is 178 g/mol. The van der Waals surface area contributed by atoms with Crippen LogP contribution in [0.25, 0.3) is 0 Å². The van der Waals surface area contributed by atoms with Crippen LogP contribution < -0.4 is 0 Å². The lowest BCUT2D eigenvalue weighted by Crippen LogP contribution is -1.90. The Hall–Kier alpha value is -0.0700. The molecule has 0 saturated carbocycles. The maximum Gasteiger partial charge on any atom is 0.0973 e. The van der Waals surface area contributed by atoms with Crippen molar-refractivity contribution in [1.29, 1.82) is 0 Å². The fraction of sp³-hybridized carbons (Fsp3) is 1.00. The van der Waals surface area contributed by atoms with E-state index < -0.39 is 6.17 Å². The molecule has 0 aromatic rings. The molecule has 0 amide bonds. The standard InChI is InChI=1S/C7H15F.2C2H6/c1-3-4-5-6-7(2)8;2*1-2/h7H,3-6H2,1-2H3;2*1-2H3. The molecule has 0 rings (SSSR count). The molecule has 0 aliphatic rings. The van der Waals surface area contributed by atoms with Gasteiger partial charge in [0.25, 0.3) is 0 Å². The van der Waals surface area contributed by atoms with Crippen LogP contribution >= 0.6 is 0 Å². The fourth-order valence-electron chi connectivity index (χ4n) is 0.676. The van der Waals surface area contributed by atoms with Crippen molar-refractivity contribution >= 4 is 0 Å². The van der Waals surface area contributed by atoms with E-state index in [1.807, 2.05) is 27.7 Å². The van der Waals surface area contributed by atoms with Gasteiger partial charge in [-0.05, 0) is 13.3 Å². The van der Waals surface area contributed by atoms with Crippen LogP contribution in [0.3, 0.4) is 0 Å². The molecule has 0 nitrogen and oxygen atoms in total. The number of halogens is 1. The smallest absolute Gasteiger partial charge is 0.0973 e. The lowest BCUT2D eigenvalue weighted by atomic mass is 10.1.